The van der Waals surface area contributed by atoms with Gasteiger partial charge in [0.25, 0.3) is 5.91 Å². The Morgan fingerprint density at radius 1 is 1.41 bits per heavy atom. The summed E-state index contributed by atoms with van der Waals surface area (Å²) in [5, 5.41) is 3.26. The van der Waals surface area contributed by atoms with Crippen molar-refractivity contribution < 1.29 is 9.53 Å². The van der Waals surface area contributed by atoms with Gasteiger partial charge in [-0.15, -0.1) is 0 Å². The van der Waals surface area contributed by atoms with Gasteiger partial charge in [-0.3, -0.25) is 4.79 Å². The summed E-state index contributed by atoms with van der Waals surface area (Å²) in [7, 11) is 0. The first-order chi connectivity index (χ1) is 8.08. The monoisotopic (exact) mass is 234 g/mol. The predicted octanol–water partition coefficient (Wildman–Crippen LogP) is 1.22. The van der Waals surface area contributed by atoms with E-state index in [-0.39, 0.29) is 6.61 Å². The zero-order chi connectivity index (χ0) is 12.7. The van der Waals surface area contributed by atoms with Gasteiger partial charge in [-0.1, -0.05) is 24.3 Å². The Morgan fingerprint density at radius 3 is 2.59 bits per heavy atom. The molecule has 0 aliphatic carbocycles. The molecule has 0 aliphatic heterocycles. The van der Waals surface area contributed by atoms with Crippen LogP contribution in [0.4, 0.5) is 0 Å². The van der Waals surface area contributed by atoms with Gasteiger partial charge in [0.2, 0.25) is 0 Å². The van der Waals surface area contributed by atoms with Gasteiger partial charge in [-0.05, 0) is 24.6 Å². The summed E-state index contributed by atoms with van der Waals surface area (Å²) in [4.78, 5) is 10.5. The largest absolute Gasteiger partial charge is 0.484 e. The van der Waals surface area contributed by atoms with E-state index in [0.29, 0.717) is 5.75 Å². The van der Waals surface area contributed by atoms with Crippen molar-refractivity contribution in [1.82, 2.24) is 5.32 Å². The van der Waals surface area contributed by atoms with Crippen LogP contribution in [0.25, 0.3) is 0 Å². The first kappa shape index (κ1) is 13.3. The topological polar surface area (TPSA) is 64.3 Å². The van der Waals surface area contributed by atoms with Crippen LogP contribution in [0.1, 0.15) is 12.5 Å². The highest BCUT2D eigenvalue weighted by molar-refractivity contribution is 5.75. The van der Waals surface area contributed by atoms with E-state index in [1.54, 1.807) is 0 Å². The number of nitrogens with one attached hydrogen (secondary N) is 1. The lowest BCUT2D eigenvalue weighted by molar-refractivity contribution is -0.119. The standard InChI is InChI=1S/C13H18N2O2/c1-10(2)7-15-8-11-3-5-12(6-4-11)17-9-13(14)16/h3-6,15H,1,7-9H2,2H3,(H2,14,16). The van der Waals surface area contributed by atoms with Gasteiger partial charge in [0.05, 0.1) is 0 Å². The fourth-order valence-corrected chi connectivity index (χ4v) is 1.28. The average Bonchev–Trinajstić information content (AvgIpc) is 2.27. The molecule has 17 heavy (non-hydrogen) atoms. The molecular weight excluding hydrogens is 216 g/mol. The molecule has 0 atom stereocenters. The van der Waals surface area contributed by atoms with Crippen molar-refractivity contribution in [2.75, 3.05) is 13.2 Å². The van der Waals surface area contributed by atoms with Crippen LogP contribution < -0.4 is 15.8 Å². The molecule has 0 unspecified atom stereocenters. The molecule has 0 saturated heterocycles. The molecule has 0 fully saturated rings. The number of rotatable bonds is 7. The number of primary amides is 1. The lowest BCUT2D eigenvalue weighted by Gasteiger charge is -2.06. The van der Waals surface area contributed by atoms with Crippen molar-refractivity contribution in [1.29, 1.82) is 0 Å². The summed E-state index contributed by atoms with van der Waals surface area (Å²) in [6.45, 7) is 7.29. The number of hydrogen-bond acceptors (Lipinski definition) is 3. The zero-order valence-electron chi connectivity index (χ0n) is 10.0. The van der Waals surface area contributed by atoms with Gasteiger partial charge in [-0.25, -0.2) is 0 Å². The lowest BCUT2D eigenvalue weighted by atomic mass is 10.2. The third-order valence-corrected chi connectivity index (χ3v) is 2.06. The smallest absolute Gasteiger partial charge is 0.255 e. The molecule has 1 aromatic rings. The maximum Gasteiger partial charge on any atom is 0.255 e. The van der Waals surface area contributed by atoms with Crippen LogP contribution in [-0.2, 0) is 11.3 Å². The normalized spacial score (nSPS) is 9.94. The molecular formula is C13H18N2O2. The molecule has 0 bridgehead atoms. The van der Waals surface area contributed by atoms with Crippen molar-refractivity contribution in [3.8, 4) is 5.75 Å². The predicted molar refractivity (Wildman–Crippen MR) is 67.7 cm³/mol. The Morgan fingerprint density at radius 2 is 2.06 bits per heavy atom. The fourth-order valence-electron chi connectivity index (χ4n) is 1.28. The molecule has 0 saturated carbocycles. The number of carbonyl (C=O) groups is 1. The number of ether oxygens (including phenoxy) is 1. The van der Waals surface area contributed by atoms with Crippen molar-refractivity contribution in [3.05, 3.63) is 42.0 Å². The maximum absolute atomic E-state index is 10.5. The minimum absolute atomic E-state index is 0.0900. The minimum atomic E-state index is -0.475. The van der Waals surface area contributed by atoms with E-state index in [9.17, 15) is 4.79 Å². The van der Waals surface area contributed by atoms with Crippen LogP contribution in [0.3, 0.4) is 0 Å². The molecule has 0 spiro atoms. The van der Waals surface area contributed by atoms with E-state index in [0.717, 1.165) is 24.2 Å². The first-order valence-corrected chi connectivity index (χ1v) is 5.43. The Balaban J connectivity index is 2.39. The van der Waals surface area contributed by atoms with Crippen LogP contribution in [-0.4, -0.2) is 19.1 Å². The third kappa shape index (κ3) is 5.73. The highest BCUT2D eigenvalue weighted by Gasteiger charge is 1.98. The van der Waals surface area contributed by atoms with Gasteiger partial charge in [0, 0.05) is 13.1 Å². The Kier molecular flexibility index (Phi) is 5.23. The van der Waals surface area contributed by atoms with Gasteiger partial charge >= 0.3 is 0 Å². The van der Waals surface area contributed by atoms with Crippen LogP contribution in [0, 0.1) is 0 Å². The molecule has 1 rings (SSSR count). The van der Waals surface area contributed by atoms with E-state index in [4.69, 9.17) is 10.5 Å². The maximum atomic E-state index is 10.5. The molecule has 0 radical (unpaired) electrons. The Labute approximate surface area is 101 Å². The van der Waals surface area contributed by atoms with Crippen molar-refractivity contribution >= 4 is 5.91 Å². The summed E-state index contributed by atoms with van der Waals surface area (Å²) < 4.78 is 5.16. The molecule has 1 amide bonds. The van der Waals surface area contributed by atoms with E-state index in [1.165, 1.54) is 0 Å². The second-order valence-electron chi connectivity index (χ2n) is 3.96. The molecule has 0 aromatic heterocycles. The highest BCUT2D eigenvalue weighted by Crippen LogP contribution is 2.11. The SMILES string of the molecule is C=C(C)CNCc1ccc(OCC(N)=O)cc1. The van der Waals surface area contributed by atoms with Gasteiger partial charge in [0.1, 0.15) is 5.75 Å². The van der Waals surface area contributed by atoms with E-state index in [2.05, 4.69) is 11.9 Å². The van der Waals surface area contributed by atoms with Gasteiger partial charge in [0.15, 0.2) is 6.61 Å². The quantitative estimate of drug-likeness (QED) is 0.697. The van der Waals surface area contributed by atoms with Gasteiger partial charge < -0.3 is 15.8 Å². The Bertz CT molecular complexity index is 385. The second-order valence-corrected chi connectivity index (χ2v) is 3.96. The Hall–Kier alpha value is -1.81. The third-order valence-electron chi connectivity index (χ3n) is 2.06. The average molecular weight is 234 g/mol. The fraction of sp³-hybridized carbons (Fsp3) is 0.308. The summed E-state index contributed by atoms with van der Waals surface area (Å²) in [6.07, 6.45) is 0. The molecule has 1 aromatic carbocycles. The van der Waals surface area contributed by atoms with Crippen molar-refractivity contribution in [2.24, 2.45) is 5.73 Å². The minimum Gasteiger partial charge on any atom is -0.484 e. The van der Waals surface area contributed by atoms with E-state index < -0.39 is 5.91 Å². The number of hydrogen-bond donors (Lipinski definition) is 2. The molecule has 0 aliphatic rings. The molecule has 4 nitrogen and oxygen atoms in total. The number of amides is 1. The zero-order valence-corrected chi connectivity index (χ0v) is 10.0. The summed E-state index contributed by atoms with van der Waals surface area (Å²) in [5.41, 5.74) is 7.24. The van der Waals surface area contributed by atoms with Crippen LogP contribution in [0.2, 0.25) is 0 Å². The van der Waals surface area contributed by atoms with Crippen molar-refractivity contribution in [2.45, 2.75) is 13.5 Å². The number of benzene rings is 1. The second kappa shape index (κ2) is 6.70. The van der Waals surface area contributed by atoms with E-state index >= 15 is 0 Å². The molecule has 3 N–H and O–H groups in total. The molecule has 92 valence electrons. The summed E-state index contributed by atoms with van der Waals surface area (Å²) in [6, 6.07) is 7.53. The van der Waals surface area contributed by atoms with Crippen LogP contribution in [0.5, 0.6) is 5.75 Å². The summed E-state index contributed by atoms with van der Waals surface area (Å²) in [5.74, 6) is 0.171. The molecule has 0 heterocycles. The number of carbonyl (C=O) groups excluding carboxylic acids is 1. The molecule has 4 heteroatoms. The van der Waals surface area contributed by atoms with E-state index in [1.807, 2.05) is 31.2 Å². The summed E-state index contributed by atoms with van der Waals surface area (Å²) >= 11 is 0. The number of nitrogens with two attached hydrogens (primary N) is 1. The van der Waals surface area contributed by atoms with Crippen LogP contribution >= 0.6 is 0 Å². The first-order valence-electron chi connectivity index (χ1n) is 5.43. The van der Waals surface area contributed by atoms with Crippen molar-refractivity contribution in [3.63, 3.8) is 0 Å². The highest BCUT2D eigenvalue weighted by atomic mass is 16.5. The van der Waals surface area contributed by atoms with Crippen LogP contribution in [0.15, 0.2) is 36.4 Å². The van der Waals surface area contributed by atoms with Gasteiger partial charge in [-0.2, -0.15) is 0 Å². The lowest BCUT2D eigenvalue weighted by Crippen LogP contribution is -2.20.